The lowest BCUT2D eigenvalue weighted by molar-refractivity contribution is -0.116. The van der Waals surface area contributed by atoms with Gasteiger partial charge in [0.2, 0.25) is 11.8 Å². The van der Waals surface area contributed by atoms with Crippen LogP contribution in [0.25, 0.3) is 16.7 Å². The topological polar surface area (TPSA) is 104 Å². The maximum Gasteiger partial charge on any atom is 0.242 e. The average Bonchev–Trinajstić information content (AvgIpc) is 3.51. The zero-order valence-electron chi connectivity index (χ0n) is 19.6. The molecule has 0 spiro atoms. The molecule has 174 valence electrons. The van der Waals surface area contributed by atoms with E-state index in [4.69, 9.17) is 9.72 Å². The third-order valence-corrected chi connectivity index (χ3v) is 5.97. The van der Waals surface area contributed by atoms with E-state index >= 15 is 0 Å². The average molecular weight is 459 g/mol. The van der Waals surface area contributed by atoms with Crippen molar-refractivity contribution in [2.45, 2.75) is 33.2 Å². The Kier molecular flexibility index (Phi) is 5.48. The first-order chi connectivity index (χ1) is 16.4. The second-order valence-corrected chi connectivity index (χ2v) is 8.31. The van der Waals surface area contributed by atoms with Crippen LogP contribution in [0, 0.1) is 13.8 Å². The van der Waals surface area contributed by atoms with Crippen molar-refractivity contribution in [1.82, 2.24) is 33.9 Å². The first-order valence-corrected chi connectivity index (χ1v) is 11.0. The lowest BCUT2D eigenvalue weighted by Crippen LogP contribution is -2.13. The molecule has 0 aromatic carbocycles. The highest BCUT2D eigenvalue weighted by atomic mass is 16.5. The van der Waals surface area contributed by atoms with Gasteiger partial charge in [-0.05, 0) is 43.5 Å². The number of hydrogen-bond acceptors (Lipinski definition) is 6. The number of aryl methyl sites for hydroxylation is 3. The molecule has 5 aromatic rings. The Hall–Kier alpha value is -4.21. The Morgan fingerprint density at radius 2 is 2.03 bits per heavy atom. The van der Waals surface area contributed by atoms with E-state index < -0.39 is 0 Å². The Morgan fingerprint density at radius 1 is 1.18 bits per heavy atom. The van der Waals surface area contributed by atoms with Crippen molar-refractivity contribution in [3.8, 4) is 5.88 Å². The smallest absolute Gasteiger partial charge is 0.242 e. The van der Waals surface area contributed by atoms with Crippen LogP contribution in [0.2, 0.25) is 0 Å². The van der Waals surface area contributed by atoms with Gasteiger partial charge in [0, 0.05) is 37.8 Å². The summed E-state index contributed by atoms with van der Waals surface area (Å²) in [4.78, 5) is 21.9. The highest BCUT2D eigenvalue weighted by Gasteiger charge is 2.18. The van der Waals surface area contributed by atoms with Crippen LogP contribution < -0.4 is 10.1 Å². The highest BCUT2D eigenvalue weighted by molar-refractivity contribution is 5.91. The first-order valence-electron chi connectivity index (χ1n) is 11.0. The minimum Gasteiger partial charge on any atom is -0.479 e. The molecule has 0 atom stereocenters. The molecule has 5 heterocycles. The predicted molar refractivity (Wildman–Crippen MR) is 128 cm³/mol. The summed E-state index contributed by atoms with van der Waals surface area (Å²) in [6.45, 7) is 4.51. The molecule has 1 N–H and O–H groups in total. The van der Waals surface area contributed by atoms with Gasteiger partial charge in [-0.25, -0.2) is 14.6 Å². The fourth-order valence-corrected chi connectivity index (χ4v) is 4.31. The van der Waals surface area contributed by atoms with Crippen LogP contribution in [0.4, 0.5) is 5.69 Å². The third-order valence-electron chi connectivity index (χ3n) is 5.97. The van der Waals surface area contributed by atoms with Gasteiger partial charge in [0.25, 0.3) is 0 Å². The molecule has 0 aliphatic carbocycles. The van der Waals surface area contributed by atoms with E-state index in [0.29, 0.717) is 31.0 Å². The minimum atomic E-state index is -0.0793. The molecule has 0 bridgehead atoms. The van der Waals surface area contributed by atoms with Crippen molar-refractivity contribution >= 4 is 28.3 Å². The number of hydrogen-bond donors (Lipinski definition) is 1. The van der Waals surface area contributed by atoms with Gasteiger partial charge in [0.15, 0.2) is 5.65 Å². The number of carbonyl (C=O) groups is 1. The Labute approximate surface area is 196 Å². The van der Waals surface area contributed by atoms with Crippen molar-refractivity contribution < 1.29 is 9.53 Å². The van der Waals surface area contributed by atoms with E-state index in [2.05, 4.69) is 20.5 Å². The number of fused-ring (bicyclic) bond motifs is 2. The number of anilines is 1. The van der Waals surface area contributed by atoms with Crippen LogP contribution in [0.1, 0.15) is 28.9 Å². The summed E-state index contributed by atoms with van der Waals surface area (Å²) in [6.07, 6.45) is 8.30. The van der Waals surface area contributed by atoms with E-state index in [0.717, 1.165) is 39.2 Å². The third kappa shape index (κ3) is 3.98. The van der Waals surface area contributed by atoms with E-state index in [-0.39, 0.29) is 5.91 Å². The number of ether oxygens (including phenoxy) is 1. The summed E-state index contributed by atoms with van der Waals surface area (Å²) < 4.78 is 10.9. The Balaban J connectivity index is 1.25. The van der Waals surface area contributed by atoms with Crippen molar-refractivity contribution in [2.24, 2.45) is 7.05 Å². The SMILES string of the molecule is COc1nn(C)c2nc(C)c(CCC(=O)Nc3cnn(Cc4cn5ccccc5n4)c3)c(C)c12. The molecule has 0 aliphatic rings. The van der Waals surface area contributed by atoms with E-state index in [1.807, 2.05) is 62.1 Å². The summed E-state index contributed by atoms with van der Waals surface area (Å²) in [5.74, 6) is 0.468. The minimum absolute atomic E-state index is 0.0793. The molecule has 0 radical (unpaired) electrons. The normalized spacial score (nSPS) is 11.4. The molecule has 0 fully saturated rings. The number of nitrogens with zero attached hydrogens (tertiary/aromatic N) is 7. The fraction of sp³-hybridized carbons (Fsp3) is 0.292. The molecule has 34 heavy (non-hydrogen) atoms. The van der Waals surface area contributed by atoms with Crippen LogP contribution in [0.3, 0.4) is 0 Å². The van der Waals surface area contributed by atoms with Gasteiger partial charge in [0.05, 0.1) is 36.6 Å². The second kappa shape index (κ2) is 8.62. The van der Waals surface area contributed by atoms with Crippen LogP contribution in [-0.4, -0.2) is 46.9 Å². The molecule has 1 amide bonds. The molecule has 0 unspecified atom stereocenters. The maximum atomic E-state index is 12.7. The zero-order valence-corrected chi connectivity index (χ0v) is 19.6. The molecular weight excluding hydrogens is 432 g/mol. The molecule has 0 saturated heterocycles. The summed E-state index contributed by atoms with van der Waals surface area (Å²) in [7, 11) is 3.45. The Bertz CT molecular complexity index is 1480. The predicted octanol–water partition coefficient (Wildman–Crippen LogP) is 3.06. The van der Waals surface area contributed by atoms with E-state index in [1.54, 1.807) is 22.7 Å². The van der Waals surface area contributed by atoms with Gasteiger partial charge in [-0.15, -0.1) is 5.10 Å². The molecule has 0 aliphatic heterocycles. The maximum absolute atomic E-state index is 12.7. The second-order valence-electron chi connectivity index (χ2n) is 8.31. The van der Waals surface area contributed by atoms with E-state index in [9.17, 15) is 4.79 Å². The number of amides is 1. The van der Waals surface area contributed by atoms with Crippen molar-refractivity contribution in [3.05, 3.63) is 65.5 Å². The Morgan fingerprint density at radius 3 is 2.82 bits per heavy atom. The number of pyridine rings is 2. The van der Waals surface area contributed by atoms with Gasteiger partial charge in [0.1, 0.15) is 5.65 Å². The quantitative estimate of drug-likeness (QED) is 0.402. The summed E-state index contributed by atoms with van der Waals surface area (Å²) in [5.41, 5.74) is 6.19. The zero-order chi connectivity index (χ0) is 23.8. The van der Waals surface area contributed by atoms with E-state index in [1.165, 1.54) is 0 Å². The molecular formula is C24H26N8O2. The fourth-order valence-electron chi connectivity index (χ4n) is 4.31. The van der Waals surface area contributed by atoms with Gasteiger partial charge in [-0.3, -0.25) is 9.48 Å². The molecule has 5 rings (SSSR count). The van der Waals surface area contributed by atoms with Crippen molar-refractivity contribution in [1.29, 1.82) is 0 Å². The summed E-state index contributed by atoms with van der Waals surface area (Å²) in [6, 6.07) is 5.88. The lowest BCUT2D eigenvalue weighted by atomic mass is 10.00. The van der Waals surface area contributed by atoms with Crippen LogP contribution in [-0.2, 0) is 24.8 Å². The number of nitrogens with one attached hydrogen (secondary N) is 1. The largest absolute Gasteiger partial charge is 0.479 e. The summed E-state index contributed by atoms with van der Waals surface area (Å²) >= 11 is 0. The van der Waals surface area contributed by atoms with Crippen LogP contribution in [0.15, 0.2) is 43.0 Å². The number of methoxy groups -OCH3 is 1. The van der Waals surface area contributed by atoms with Gasteiger partial charge >= 0.3 is 0 Å². The number of rotatable bonds is 7. The van der Waals surface area contributed by atoms with Crippen molar-refractivity contribution in [2.75, 3.05) is 12.4 Å². The number of carbonyl (C=O) groups excluding carboxylic acids is 1. The molecule has 10 nitrogen and oxygen atoms in total. The molecule has 0 saturated carbocycles. The van der Waals surface area contributed by atoms with Crippen LogP contribution >= 0.6 is 0 Å². The van der Waals surface area contributed by atoms with Crippen LogP contribution in [0.5, 0.6) is 5.88 Å². The molecule has 10 heteroatoms. The van der Waals surface area contributed by atoms with Gasteiger partial charge < -0.3 is 14.5 Å². The van der Waals surface area contributed by atoms with Gasteiger partial charge in [-0.1, -0.05) is 6.07 Å². The number of aromatic nitrogens is 7. The summed E-state index contributed by atoms with van der Waals surface area (Å²) in [5, 5.41) is 12.6. The van der Waals surface area contributed by atoms with Gasteiger partial charge in [-0.2, -0.15) is 5.10 Å². The number of imidazole rings is 1. The lowest BCUT2D eigenvalue weighted by Gasteiger charge is -2.11. The standard InChI is InChI=1S/C24H26N8O2/c1-15-19(16(2)26-23-22(15)24(34-4)29-30(23)3)8-9-21(33)28-17-11-25-32(13-17)14-18-12-31-10-6-5-7-20(31)27-18/h5-7,10-13H,8-9,14H2,1-4H3,(H,28,33). The highest BCUT2D eigenvalue weighted by Crippen LogP contribution is 2.30. The van der Waals surface area contributed by atoms with Crippen molar-refractivity contribution in [3.63, 3.8) is 0 Å². The monoisotopic (exact) mass is 458 g/mol. The first kappa shape index (κ1) is 21.6. The molecule has 5 aromatic heterocycles.